The first-order valence-electron chi connectivity index (χ1n) is 6.73. The Morgan fingerprint density at radius 3 is 3.06 bits per heavy atom. The van der Waals surface area contributed by atoms with Crippen LogP contribution in [0.25, 0.3) is 0 Å². The van der Waals surface area contributed by atoms with E-state index in [1.807, 2.05) is 24.8 Å². The predicted octanol–water partition coefficient (Wildman–Crippen LogP) is 2.62. The molecule has 1 saturated carbocycles. The molecule has 4 heteroatoms. The summed E-state index contributed by atoms with van der Waals surface area (Å²) in [7, 11) is 1.49. The standard InChI is InChI=1S/C14H25NO2S/c1-4-10-18-11-8-12-7-6-9-14(12,15-5-2)13(16)17-3/h4,12,15H,1,5-11H2,2-3H3. The molecule has 3 nitrogen and oxygen atoms in total. The number of thioether (sulfide) groups is 1. The first-order chi connectivity index (χ1) is 8.71. The van der Waals surface area contributed by atoms with Crippen LogP contribution in [0.4, 0.5) is 0 Å². The normalized spacial score (nSPS) is 27.1. The Balaban J connectivity index is 2.62. The molecule has 2 atom stereocenters. The minimum atomic E-state index is -0.432. The van der Waals surface area contributed by atoms with E-state index in [0.717, 1.165) is 43.7 Å². The summed E-state index contributed by atoms with van der Waals surface area (Å²) < 4.78 is 5.02. The van der Waals surface area contributed by atoms with Crippen LogP contribution in [0.5, 0.6) is 0 Å². The minimum absolute atomic E-state index is 0.0828. The summed E-state index contributed by atoms with van der Waals surface area (Å²) in [6.45, 7) is 6.58. The summed E-state index contributed by atoms with van der Waals surface area (Å²) in [6, 6.07) is 0. The van der Waals surface area contributed by atoms with Crippen LogP contribution in [0.1, 0.15) is 32.6 Å². The molecule has 0 bridgehead atoms. The third-order valence-electron chi connectivity index (χ3n) is 3.71. The van der Waals surface area contributed by atoms with E-state index in [9.17, 15) is 4.79 Å². The SMILES string of the molecule is C=CCSCCC1CCCC1(NCC)C(=O)OC. The summed E-state index contributed by atoms with van der Waals surface area (Å²) in [5.41, 5.74) is -0.432. The van der Waals surface area contributed by atoms with Gasteiger partial charge in [0.15, 0.2) is 0 Å². The fourth-order valence-electron chi connectivity index (χ4n) is 2.93. The molecule has 1 rings (SSSR count). The number of ether oxygens (including phenoxy) is 1. The Hall–Kier alpha value is -0.480. The minimum Gasteiger partial charge on any atom is -0.468 e. The van der Waals surface area contributed by atoms with Crippen LogP contribution in [0.3, 0.4) is 0 Å². The Kier molecular flexibility index (Phi) is 6.79. The van der Waals surface area contributed by atoms with Gasteiger partial charge in [-0.1, -0.05) is 19.4 Å². The molecule has 18 heavy (non-hydrogen) atoms. The van der Waals surface area contributed by atoms with E-state index in [1.54, 1.807) is 0 Å². The van der Waals surface area contributed by atoms with Crippen LogP contribution in [-0.2, 0) is 9.53 Å². The van der Waals surface area contributed by atoms with E-state index in [-0.39, 0.29) is 5.97 Å². The number of hydrogen-bond acceptors (Lipinski definition) is 4. The highest BCUT2D eigenvalue weighted by atomic mass is 32.2. The van der Waals surface area contributed by atoms with Crippen molar-refractivity contribution in [2.24, 2.45) is 5.92 Å². The van der Waals surface area contributed by atoms with Crippen molar-refractivity contribution >= 4 is 17.7 Å². The molecule has 0 aliphatic heterocycles. The average molecular weight is 271 g/mol. The van der Waals surface area contributed by atoms with E-state index in [0.29, 0.717) is 5.92 Å². The van der Waals surface area contributed by atoms with E-state index in [4.69, 9.17) is 4.74 Å². The maximum absolute atomic E-state index is 12.1. The van der Waals surface area contributed by atoms with Gasteiger partial charge in [-0.25, -0.2) is 0 Å². The van der Waals surface area contributed by atoms with E-state index >= 15 is 0 Å². The number of carbonyl (C=O) groups excluding carboxylic acids is 1. The molecule has 1 aliphatic rings. The van der Waals surface area contributed by atoms with Gasteiger partial charge in [0.05, 0.1) is 7.11 Å². The number of carbonyl (C=O) groups is 1. The van der Waals surface area contributed by atoms with Gasteiger partial charge in [0.1, 0.15) is 5.54 Å². The molecule has 0 aromatic carbocycles. The lowest BCUT2D eigenvalue weighted by atomic mass is 9.85. The van der Waals surface area contributed by atoms with Gasteiger partial charge in [0, 0.05) is 5.75 Å². The van der Waals surface area contributed by atoms with E-state index in [2.05, 4.69) is 11.9 Å². The van der Waals surface area contributed by atoms with E-state index < -0.39 is 5.54 Å². The van der Waals surface area contributed by atoms with Crippen LogP contribution in [0.15, 0.2) is 12.7 Å². The van der Waals surface area contributed by atoms with Crippen LogP contribution < -0.4 is 5.32 Å². The first-order valence-corrected chi connectivity index (χ1v) is 7.88. The highest BCUT2D eigenvalue weighted by Gasteiger charge is 2.48. The third kappa shape index (κ3) is 3.51. The number of rotatable bonds is 8. The lowest BCUT2D eigenvalue weighted by molar-refractivity contribution is -0.150. The summed E-state index contributed by atoms with van der Waals surface area (Å²) in [5.74, 6) is 2.39. The van der Waals surface area contributed by atoms with E-state index in [1.165, 1.54) is 7.11 Å². The quantitative estimate of drug-likeness (QED) is 0.418. The molecule has 1 aliphatic carbocycles. The van der Waals surface area contributed by atoms with Crippen LogP contribution in [0, 0.1) is 5.92 Å². The maximum Gasteiger partial charge on any atom is 0.326 e. The molecule has 2 unspecified atom stereocenters. The Morgan fingerprint density at radius 2 is 2.44 bits per heavy atom. The van der Waals surface area contributed by atoms with Crippen molar-refractivity contribution in [3.63, 3.8) is 0 Å². The van der Waals surface area contributed by atoms with Crippen molar-refractivity contribution < 1.29 is 9.53 Å². The van der Waals surface area contributed by atoms with Gasteiger partial charge in [-0.3, -0.25) is 4.79 Å². The zero-order valence-electron chi connectivity index (χ0n) is 11.5. The second-order valence-corrected chi connectivity index (χ2v) is 5.88. The molecule has 0 aromatic rings. The summed E-state index contributed by atoms with van der Waals surface area (Å²) in [5, 5.41) is 3.40. The van der Waals surface area contributed by atoms with Crippen LogP contribution in [-0.4, -0.2) is 36.7 Å². The van der Waals surface area contributed by atoms with Gasteiger partial charge in [-0.05, 0) is 37.5 Å². The Labute approximate surface area is 115 Å². The molecular weight excluding hydrogens is 246 g/mol. The Bertz CT molecular complexity index is 283. The fourth-order valence-corrected chi connectivity index (χ4v) is 3.72. The predicted molar refractivity (Wildman–Crippen MR) is 77.9 cm³/mol. The van der Waals surface area contributed by atoms with Gasteiger partial charge in [0.25, 0.3) is 0 Å². The van der Waals surface area contributed by atoms with Crippen molar-refractivity contribution in [1.29, 1.82) is 0 Å². The molecule has 0 amide bonds. The molecule has 0 aromatic heterocycles. The summed E-state index contributed by atoms with van der Waals surface area (Å²) >= 11 is 1.88. The second kappa shape index (κ2) is 7.85. The summed E-state index contributed by atoms with van der Waals surface area (Å²) in [4.78, 5) is 12.1. The van der Waals surface area contributed by atoms with Crippen molar-refractivity contribution in [3.8, 4) is 0 Å². The maximum atomic E-state index is 12.1. The summed E-state index contributed by atoms with van der Waals surface area (Å²) in [6.07, 6.45) is 6.14. The number of hydrogen-bond donors (Lipinski definition) is 1. The molecule has 0 heterocycles. The smallest absolute Gasteiger partial charge is 0.326 e. The molecule has 1 N–H and O–H groups in total. The van der Waals surface area contributed by atoms with Gasteiger partial charge in [-0.2, -0.15) is 11.8 Å². The average Bonchev–Trinajstić information content (AvgIpc) is 2.78. The fraction of sp³-hybridized carbons (Fsp3) is 0.786. The van der Waals surface area contributed by atoms with Crippen molar-refractivity contribution in [2.75, 3.05) is 25.2 Å². The lowest BCUT2D eigenvalue weighted by Crippen LogP contribution is -2.55. The van der Waals surface area contributed by atoms with Gasteiger partial charge >= 0.3 is 5.97 Å². The number of esters is 1. The molecule has 0 radical (unpaired) electrons. The zero-order valence-corrected chi connectivity index (χ0v) is 12.4. The Morgan fingerprint density at radius 1 is 1.67 bits per heavy atom. The van der Waals surface area contributed by atoms with Crippen molar-refractivity contribution in [1.82, 2.24) is 5.32 Å². The highest BCUT2D eigenvalue weighted by molar-refractivity contribution is 7.99. The molecule has 1 fully saturated rings. The monoisotopic (exact) mass is 271 g/mol. The van der Waals surface area contributed by atoms with Gasteiger partial charge in [-0.15, -0.1) is 6.58 Å². The topological polar surface area (TPSA) is 38.3 Å². The highest BCUT2D eigenvalue weighted by Crippen LogP contribution is 2.39. The number of methoxy groups -OCH3 is 1. The first kappa shape index (κ1) is 15.6. The van der Waals surface area contributed by atoms with Crippen LogP contribution in [0.2, 0.25) is 0 Å². The number of likely N-dealkylation sites (N-methyl/N-ethyl adjacent to an activating group) is 1. The number of nitrogens with one attached hydrogen (secondary N) is 1. The van der Waals surface area contributed by atoms with Crippen molar-refractivity contribution in [3.05, 3.63) is 12.7 Å². The van der Waals surface area contributed by atoms with Gasteiger partial charge < -0.3 is 10.1 Å². The lowest BCUT2D eigenvalue weighted by Gasteiger charge is -2.33. The largest absolute Gasteiger partial charge is 0.468 e. The van der Waals surface area contributed by atoms with Gasteiger partial charge in [0.2, 0.25) is 0 Å². The second-order valence-electron chi connectivity index (χ2n) is 4.73. The third-order valence-corrected chi connectivity index (χ3v) is 4.70. The molecule has 104 valence electrons. The molecular formula is C14H25NO2S. The molecule has 0 spiro atoms. The van der Waals surface area contributed by atoms with Crippen LogP contribution >= 0.6 is 11.8 Å². The molecule has 0 saturated heterocycles. The zero-order chi connectivity index (χ0) is 13.4. The van der Waals surface area contributed by atoms with Crippen molar-refractivity contribution in [2.45, 2.75) is 38.1 Å².